The van der Waals surface area contributed by atoms with Gasteiger partial charge in [-0.15, -0.1) is 0 Å². The summed E-state index contributed by atoms with van der Waals surface area (Å²) in [5.41, 5.74) is 2.41. The number of ether oxygens (including phenoxy) is 2. The van der Waals surface area contributed by atoms with Gasteiger partial charge in [0, 0.05) is 12.8 Å². The minimum Gasteiger partial charge on any atom is -0.348 e. The molecular formula is C16H17NO2. The predicted molar refractivity (Wildman–Crippen MR) is 69.4 cm³/mol. The standard InChI is InChI=1S/C16H17NO2/c17-11-12-2-1-3-13(8-12)15-4-5-16(10-14(15)9-15)18-6-7-19-16/h1-3,8,14H,4-7,9-10H2/t14-,15+/m0/s1. The van der Waals surface area contributed by atoms with Gasteiger partial charge in [0.05, 0.1) is 24.8 Å². The van der Waals surface area contributed by atoms with Gasteiger partial charge in [0.15, 0.2) is 5.79 Å². The highest BCUT2D eigenvalue weighted by Gasteiger charge is 2.62. The van der Waals surface area contributed by atoms with E-state index in [2.05, 4.69) is 18.2 Å². The van der Waals surface area contributed by atoms with Gasteiger partial charge >= 0.3 is 0 Å². The molecule has 0 amide bonds. The van der Waals surface area contributed by atoms with Crippen LogP contribution in [-0.2, 0) is 14.9 Å². The maximum Gasteiger partial charge on any atom is 0.168 e. The van der Waals surface area contributed by atoms with Gasteiger partial charge in [-0.05, 0) is 41.9 Å². The summed E-state index contributed by atoms with van der Waals surface area (Å²) in [5.74, 6) is 0.380. The van der Waals surface area contributed by atoms with E-state index in [9.17, 15) is 0 Å². The van der Waals surface area contributed by atoms with Crippen molar-refractivity contribution in [1.29, 1.82) is 5.26 Å². The molecule has 2 saturated carbocycles. The molecule has 2 atom stereocenters. The highest BCUT2D eigenvalue weighted by atomic mass is 16.7. The van der Waals surface area contributed by atoms with Crippen molar-refractivity contribution >= 4 is 0 Å². The van der Waals surface area contributed by atoms with Crippen LogP contribution in [-0.4, -0.2) is 19.0 Å². The zero-order chi connectivity index (χ0) is 12.9. The van der Waals surface area contributed by atoms with E-state index in [-0.39, 0.29) is 5.79 Å². The first-order valence-electron chi connectivity index (χ1n) is 7.05. The Balaban J connectivity index is 1.60. The molecule has 0 radical (unpaired) electrons. The van der Waals surface area contributed by atoms with Gasteiger partial charge in [-0.25, -0.2) is 0 Å². The van der Waals surface area contributed by atoms with Crippen LogP contribution < -0.4 is 0 Å². The summed E-state index contributed by atoms with van der Waals surface area (Å²) in [6.07, 6.45) is 4.34. The lowest BCUT2D eigenvalue weighted by atomic mass is 9.79. The Morgan fingerprint density at radius 2 is 2.00 bits per heavy atom. The minimum atomic E-state index is -0.280. The van der Waals surface area contributed by atoms with Crippen LogP contribution in [0.3, 0.4) is 0 Å². The van der Waals surface area contributed by atoms with Gasteiger partial charge in [0.1, 0.15) is 0 Å². The molecule has 1 saturated heterocycles. The van der Waals surface area contributed by atoms with Crippen LogP contribution in [0, 0.1) is 17.2 Å². The lowest BCUT2D eigenvalue weighted by Crippen LogP contribution is -2.37. The van der Waals surface area contributed by atoms with Crippen LogP contribution in [0.15, 0.2) is 24.3 Å². The molecule has 98 valence electrons. The quantitative estimate of drug-likeness (QED) is 0.775. The highest BCUT2D eigenvalue weighted by Crippen LogP contribution is 2.65. The lowest BCUT2D eigenvalue weighted by molar-refractivity contribution is -0.180. The zero-order valence-electron chi connectivity index (χ0n) is 10.9. The molecule has 1 aromatic rings. The van der Waals surface area contributed by atoms with Crippen molar-refractivity contribution < 1.29 is 9.47 Å². The van der Waals surface area contributed by atoms with Gasteiger partial charge in [-0.1, -0.05) is 12.1 Å². The van der Waals surface area contributed by atoms with E-state index >= 15 is 0 Å². The Morgan fingerprint density at radius 1 is 1.16 bits per heavy atom. The van der Waals surface area contributed by atoms with Gasteiger partial charge < -0.3 is 9.47 Å². The SMILES string of the molecule is N#Cc1cccc([C@]23CCC4(C[C@@H]2C3)OCCO4)c1. The zero-order valence-corrected chi connectivity index (χ0v) is 10.9. The van der Waals surface area contributed by atoms with Gasteiger partial charge in [-0.3, -0.25) is 0 Å². The maximum absolute atomic E-state index is 9.04. The van der Waals surface area contributed by atoms with Crippen molar-refractivity contribution in [2.75, 3.05) is 13.2 Å². The molecule has 1 heterocycles. The summed E-state index contributed by atoms with van der Waals surface area (Å²) < 4.78 is 11.7. The molecule has 19 heavy (non-hydrogen) atoms. The molecule has 0 unspecified atom stereocenters. The van der Waals surface area contributed by atoms with Crippen LogP contribution in [0.1, 0.15) is 36.8 Å². The van der Waals surface area contributed by atoms with E-state index < -0.39 is 0 Å². The number of hydrogen-bond acceptors (Lipinski definition) is 3. The van der Waals surface area contributed by atoms with Gasteiger partial charge in [0.25, 0.3) is 0 Å². The van der Waals surface area contributed by atoms with Crippen molar-refractivity contribution in [3.8, 4) is 6.07 Å². The van der Waals surface area contributed by atoms with Crippen LogP contribution in [0.4, 0.5) is 0 Å². The molecule has 0 aromatic heterocycles. The summed E-state index contributed by atoms with van der Waals surface area (Å²) in [6.45, 7) is 1.48. The molecule has 1 aliphatic heterocycles. The number of nitriles is 1. The fourth-order valence-electron chi connectivity index (χ4n) is 4.00. The third-order valence-electron chi connectivity index (χ3n) is 5.12. The number of hydrogen-bond donors (Lipinski definition) is 0. The second-order valence-corrected chi connectivity index (χ2v) is 6.06. The Labute approximate surface area is 113 Å². The summed E-state index contributed by atoms with van der Waals surface area (Å²) >= 11 is 0. The smallest absolute Gasteiger partial charge is 0.168 e. The van der Waals surface area contributed by atoms with E-state index in [1.807, 2.05) is 12.1 Å². The van der Waals surface area contributed by atoms with E-state index in [1.165, 1.54) is 12.0 Å². The van der Waals surface area contributed by atoms with Crippen molar-refractivity contribution in [1.82, 2.24) is 0 Å². The van der Waals surface area contributed by atoms with Crippen molar-refractivity contribution in [2.45, 2.75) is 36.9 Å². The number of fused-ring (bicyclic) bond motifs is 1. The van der Waals surface area contributed by atoms with Gasteiger partial charge in [0.2, 0.25) is 0 Å². The van der Waals surface area contributed by atoms with E-state index in [0.29, 0.717) is 11.3 Å². The topological polar surface area (TPSA) is 42.2 Å². The molecule has 1 spiro atoms. The van der Waals surface area contributed by atoms with Crippen molar-refractivity contribution in [3.05, 3.63) is 35.4 Å². The van der Waals surface area contributed by atoms with Crippen LogP contribution in [0.5, 0.6) is 0 Å². The first-order chi connectivity index (χ1) is 9.26. The Bertz CT molecular complexity index is 556. The largest absolute Gasteiger partial charge is 0.348 e. The second kappa shape index (κ2) is 3.82. The number of benzene rings is 1. The first-order valence-corrected chi connectivity index (χ1v) is 7.05. The third kappa shape index (κ3) is 1.64. The summed E-state index contributed by atoms with van der Waals surface area (Å²) in [4.78, 5) is 0. The Morgan fingerprint density at radius 3 is 2.74 bits per heavy atom. The van der Waals surface area contributed by atoms with E-state index in [1.54, 1.807) is 0 Å². The Kier molecular flexibility index (Phi) is 2.30. The van der Waals surface area contributed by atoms with Crippen molar-refractivity contribution in [2.24, 2.45) is 5.92 Å². The molecule has 3 nitrogen and oxygen atoms in total. The lowest BCUT2D eigenvalue weighted by Gasteiger charge is -2.35. The monoisotopic (exact) mass is 255 g/mol. The molecule has 0 N–H and O–H groups in total. The molecular weight excluding hydrogens is 238 g/mol. The van der Waals surface area contributed by atoms with Gasteiger partial charge in [-0.2, -0.15) is 5.26 Å². The van der Waals surface area contributed by atoms with E-state index in [0.717, 1.165) is 38.0 Å². The average Bonchev–Trinajstić information content (AvgIpc) is 3.01. The number of nitrogens with zero attached hydrogens (tertiary/aromatic N) is 1. The summed E-state index contributed by atoms with van der Waals surface area (Å²) in [5, 5.41) is 9.04. The molecule has 0 bridgehead atoms. The first kappa shape index (κ1) is 11.5. The molecule has 2 aliphatic carbocycles. The second-order valence-electron chi connectivity index (χ2n) is 6.06. The molecule has 1 aromatic carbocycles. The average molecular weight is 255 g/mol. The highest BCUT2D eigenvalue weighted by molar-refractivity contribution is 5.41. The van der Waals surface area contributed by atoms with Crippen molar-refractivity contribution in [3.63, 3.8) is 0 Å². The molecule has 4 rings (SSSR count). The normalized spacial score (nSPS) is 34.8. The van der Waals surface area contributed by atoms with Crippen LogP contribution in [0.25, 0.3) is 0 Å². The Hall–Kier alpha value is -1.37. The molecule has 3 heteroatoms. The van der Waals surface area contributed by atoms with Crippen LogP contribution in [0.2, 0.25) is 0 Å². The van der Waals surface area contributed by atoms with Crippen LogP contribution >= 0.6 is 0 Å². The fraction of sp³-hybridized carbons (Fsp3) is 0.562. The fourth-order valence-corrected chi connectivity index (χ4v) is 4.00. The predicted octanol–water partition coefficient (Wildman–Crippen LogP) is 2.74. The molecule has 3 fully saturated rings. The molecule has 3 aliphatic rings. The van der Waals surface area contributed by atoms with E-state index in [4.69, 9.17) is 14.7 Å². The summed E-state index contributed by atoms with van der Waals surface area (Å²) in [6, 6.07) is 10.4. The minimum absolute atomic E-state index is 0.280. The summed E-state index contributed by atoms with van der Waals surface area (Å²) in [7, 11) is 0. The number of rotatable bonds is 1. The third-order valence-corrected chi connectivity index (χ3v) is 5.12. The maximum atomic E-state index is 9.04.